The van der Waals surface area contributed by atoms with Crippen LogP contribution in [-0.2, 0) is 4.79 Å². The summed E-state index contributed by atoms with van der Waals surface area (Å²) >= 11 is 0. The van der Waals surface area contributed by atoms with E-state index in [9.17, 15) is 4.79 Å². The van der Waals surface area contributed by atoms with Crippen LogP contribution in [0.3, 0.4) is 0 Å². The molecule has 0 radical (unpaired) electrons. The van der Waals surface area contributed by atoms with Crippen molar-refractivity contribution < 1.29 is 4.79 Å². The molecule has 0 spiro atoms. The van der Waals surface area contributed by atoms with Gasteiger partial charge in [-0.05, 0) is 26.0 Å². The number of nitriles is 1. The second-order valence-corrected chi connectivity index (χ2v) is 3.81. The summed E-state index contributed by atoms with van der Waals surface area (Å²) in [6.07, 6.45) is 1.41. The topological polar surface area (TPSA) is 64.9 Å². The summed E-state index contributed by atoms with van der Waals surface area (Å²) < 4.78 is 0. The Bertz CT molecular complexity index is 443. The maximum absolute atomic E-state index is 11.6. The molecule has 0 bridgehead atoms. The van der Waals surface area contributed by atoms with E-state index in [0.717, 1.165) is 5.69 Å². The van der Waals surface area contributed by atoms with Crippen molar-refractivity contribution in [2.24, 2.45) is 0 Å². The molecule has 1 aromatic carbocycles. The molecular weight excluding hydrogens is 214 g/mol. The van der Waals surface area contributed by atoms with Gasteiger partial charge in [0.2, 0.25) is 0 Å². The van der Waals surface area contributed by atoms with E-state index in [4.69, 9.17) is 5.26 Å². The van der Waals surface area contributed by atoms with Gasteiger partial charge in [0.05, 0.1) is 0 Å². The van der Waals surface area contributed by atoms with Crippen LogP contribution >= 0.6 is 0 Å². The molecule has 0 heterocycles. The van der Waals surface area contributed by atoms with E-state index < -0.39 is 0 Å². The fraction of sp³-hybridized carbons (Fsp3) is 0.231. The minimum absolute atomic E-state index is 0.0102. The van der Waals surface area contributed by atoms with E-state index >= 15 is 0 Å². The Morgan fingerprint density at radius 1 is 1.35 bits per heavy atom. The highest BCUT2D eigenvalue weighted by Crippen LogP contribution is 2.05. The molecule has 0 unspecified atom stereocenters. The summed E-state index contributed by atoms with van der Waals surface area (Å²) in [5.74, 6) is -0.370. The number of nitrogens with zero attached hydrogens (tertiary/aromatic N) is 1. The third-order valence-electron chi connectivity index (χ3n) is 1.94. The summed E-state index contributed by atoms with van der Waals surface area (Å²) in [5, 5.41) is 14.4. The molecule has 0 aliphatic carbocycles. The number of benzene rings is 1. The Morgan fingerprint density at radius 3 is 2.53 bits per heavy atom. The van der Waals surface area contributed by atoms with Crippen LogP contribution in [0.4, 0.5) is 5.69 Å². The molecule has 1 aromatic rings. The summed E-state index contributed by atoms with van der Waals surface area (Å²) in [5.41, 5.74) is 0.889. The molecule has 4 heteroatoms. The molecule has 0 aliphatic heterocycles. The van der Waals surface area contributed by atoms with Gasteiger partial charge in [-0.2, -0.15) is 5.26 Å². The lowest BCUT2D eigenvalue weighted by Crippen LogP contribution is -2.31. The zero-order valence-electron chi connectivity index (χ0n) is 9.90. The van der Waals surface area contributed by atoms with Crippen molar-refractivity contribution >= 4 is 11.6 Å². The summed E-state index contributed by atoms with van der Waals surface area (Å²) in [4.78, 5) is 11.6. The van der Waals surface area contributed by atoms with Crippen LogP contribution in [-0.4, -0.2) is 11.9 Å². The second-order valence-electron chi connectivity index (χ2n) is 3.81. The number of anilines is 1. The predicted molar refractivity (Wildman–Crippen MR) is 67.0 cm³/mol. The normalized spacial score (nSPS) is 10.8. The van der Waals surface area contributed by atoms with Crippen molar-refractivity contribution in [1.82, 2.24) is 5.32 Å². The number of hydrogen-bond donors (Lipinski definition) is 2. The van der Waals surface area contributed by atoms with Crippen LogP contribution in [0.25, 0.3) is 0 Å². The molecule has 0 fully saturated rings. The first kappa shape index (κ1) is 12.8. The Hall–Kier alpha value is -2.28. The highest BCUT2D eigenvalue weighted by molar-refractivity contribution is 5.97. The van der Waals surface area contributed by atoms with Gasteiger partial charge < -0.3 is 10.6 Å². The van der Waals surface area contributed by atoms with Gasteiger partial charge in [0.15, 0.2) is 0 Å². The van der Waals surface area contributed by atoms with Crippen LogP contribution in [0.2, 0.25) is 0 Å². The maximum Gasteiger partial charge on any atom is 0.263 e. The average Bonchev–Trinajstić information content (AvgIpc) is 2.30. The summed E-state index contributed by atoms with van der Waals surface area (Å²) in [6, 6.07) is 11.2. The average molecular weight is 229 g/mol. The molecule has 4 nitrogen and oxygen atoms in total. The molecule has 2 N–H and O–H groups in total. The lowest BCUT2D eigenvalue weighted by molar-refractivity contribution is -0.117. The molecule has 0 atom stereocenters. The highest BCUT2D eigenvalue weighted by Gasteiger charge is 2.09. The van der Waals surface area contributed by atoms with Crippen LogP contribution < -0.4 is 10.6 Å². The smallest absolute Gasteiger partial charge is 0.263 e. The van der Waals surface area contributed by atoms with Gasteiger partial charge in [-0.25, -0.2) is 0 Å². The molecule has 0 saturated carbocycles. The Kier molecular flexibility index (Phi) is 4.77. The van der Waals surface area contributed by atoms with Gasteiger partial charge in [0.1, 0.15) is 11.6 Å². The fourth-order valence-corrected chi connectivity index (χ4v) is 1.18. The minimum Gasteiger partial charge on any atom is -0.360 e. The van der Waals surface area contributed by atoms with Crippen molar-refractivity contribution in [3.63, 3.8) is 0 Å². The monoisotopic (exact) mass is 229 g/mol. The third-order valence-corrected chi connectivity index (χ3v) is 1.94. The first-order valence-corrected chi connectivity index (χ1v) is 5.36. The number of rotatable bonds is 4. The third kappa shape index (κ3) is 4.39. The molecular formula is C13H15N3O. The number of amides is 1. The largest absolute Gasteiger partial charge is 0.360 e. The van der Waals surface area contributed by atoms with Crippen molar-refractivity contribution in [2.75, 3.05) is 5.32 Å². The molecule has 1 amide bonds. The highest BCUT2D eigenvalue weighted by atomic mass is 16.1. The van der Waals surface area contributed by atoms with Crippen molar-refractivity contribution in [3.8, 4) is 6.07 Å². The van der Waals surface area contributed by atoms with Gasteiger partial charge in [-0.15, -0.1) is 0 Å². The van der Waals surface area contributed by atoms with Gasteiger partial charge in [-0.3, -0.25) is 4.79 Å². The van der Waals surface area contributed by atoms with Crippen LogP contribution in [0.15, 0.2) is 42.1 Å². The van der Waals surface area contributed by atoms with Crippen LogP contribution in [0.1, 0.15) is 13.8 Å². The Balaban J connectivity index is 2.69. The minimum atomic E-state index is -0.370. The van der Waals surface area contributed by atoms with Crippen LogP contribution in [0, 0.1) is 11.3 Å². The molecule has 88 valence electrons. The van der Waals surface area contributed by atoms with E-state index in [1.807, 2.05) is 50.2 Å². The number of carbonyl (C=O) groups excluding carboxylic acids is 1. The maximum atomic E-state index is 11.6. The number of hydrogen-bond acceptors (Lipinski definition) is 3. The second kappa shape index (κ2) is 6.33. The van der Waals surface area contributed by atoms with E-state index in [2.05, 4.69) is 10.6 Å². The Morgan fingerprint density at radius 2 is 2.00 bits per heavy atom. The molecule has 1 rings (SSSR count). The number of nitrogens with one attached hydrogen (secondary N) is 2. The first-order chi connectivity index (χ1) is 8.13. The zero-order valence-corrected chi connectivity index (χ0v) is 9.90. The van der Waals surface area contributed by atoms with Gasteiger partial charge in [0, 0.05) is 17.9 Å². The molecule has 0 saturated heterocycles. The molecule has 0 aliphatic rings. The summed E-state index contributed by atoms with van der Waals surface area (Å²) in [7, 11) is 0. The molecule has 17 heavy (non-hydrogen) atoms. The SMILES string of the molecule is CC(C)NC(=O)/C(C#N)=C\Nc1ccccc1. The first-order valence-electron chi connectivity index (χ1n) is 5.36. The predicted octanol–water partition coefficient (Wildman–Crippen LogP) is 2.03. The number of carbonyl (C=O) groups is 1. The van der Waals surface area contributed by atoms with Crippen molar-refractivity contribution in [2.45, 2.75) is 19.9 Å². The van der Waals surface area contributed by atoms with Gasteiger partial charge >= 0.3 is 0 Å². The lowest BCUT2D eigenvalue weighted by Gasteiger charge is -2.07. The summed E-state index contributed by atoms with van der Waals surface area (Å²) in [6.45, 7) is 3.69. The van der Waals surface area contributed by atoms with Crippen molar-refractivity contribution in [1.29, 1.82) is 5.26 Å². The Labute approximate surface area is 101 Å². The number of para-hydroxylation sites is 1. The van der Waals surface area contributed by atoms with E-state index in [1.165, 1.54) is 6.20 Å². The van der Waals surface area contributed by atoms with Gasteiger partial charge in [0.25, 0.3) is 5.91 Å². The van der Waals surface area contributed by atoms with E-state index in [1.54, 1.807) is 0 Å². The standard InChI is InChI=1S/C13H15N3O/c1-10(2)16-13(17)11(8-14)9-15-12-6-4-3-5-7-12/h3-7,9-10,15H,1-2H3,(H,16,17)/b11-9-. The van der Waals surface area contributed by atoms with Gasteiger partial charge in [-0.1, -0.05) is 18.2 Å². The zero-order chi connectivity index (χ0) is 12.7. The quantitative estimate of drug-likeness (QED) is 0.613. The molecule has 0 aromatic heterocycles. The van der Waals surface area contributed by atoms with Crippen molar-refractivity contribution in [3.05, 3.63) is 42.1 Å². The fourth-order valence-electron chi connectivity index (χ4n) is 1.18. The lowest BCUT2D eigenvalue weighted by atomic mass is 10.2. The van der Waals surface area contributed by atoms with E-state index in [-0.39, 0.29) is 17.5 Å². The van der Waals surface area contributed by atoms with E-state index in [0.29, 0.717) is 0 Å². The van der Waals surface area contributed by atoms with Crippen LogP contribution in [0.5, 0.6) is 0 Å².